The number of carbonyl (C=O) groups is 1. The minimum atomic E-state index is -0.0251. The normalized spacial score (nSPS) is 10.7. The molecule has 0 atom stereocenters. The van der Waals surface area contributed by atoms with Crippen molar-refractivity contribution >= 4 is 28.7 Å². The summed E-state index contributed by atoms with van der Waals surface area (Å²) < 4.78 is 10.5. The molecule has 7 heteroatoms. The van der Waals surface area contributed by atoms with E-state index >= 15 is 0 Å². The number of rotatable bonds is 8. The largest absolute Gasteiger partial charge is 0.497 e. The van der Waals surface area contributed by atoms with Gasteiger partial charge in [0.05, 0.1) is 31.0 Å². The number of H-pyrrole nitrogens is 1. The molecule has 1 amide bonds. The average molecular weight is 371 g/mol. The first-order valence-corrected chi connectivity index (χ1v) is 9.23. The van der Waals surface area contributed by atoms with Crippen molar-refractivity contribution in [3.63, 3.8) is 0 Å². The zero-order valence-electron chi connectivity index (χ0n) is 14.7. The van der Waals surface area contributed by atoms with Crippen molar-refractivity contribution in [1.29, 1.82) is 0 Å². The number of thioether (sulfide) groups is 1. The van der Waals surface area contributed by atoms with Crippen molar-refractivity contribution in [3.8, 4) is 11.5 Å². The summed E-state index contributed by atoms with van der Waals surface area (Å²) in [5.74, 6) is 1.90. The molecule has 0 spiro atoms. The maximum Gasteiger partial charge on any atom is 0.230 e. The molecule has 136 valence electrons. The van der Waals surface area contributed by atoms with Crippen LogP contribution in [0.25, 0.3) is 11.0 Å². The molecule has 0 fully saturated rings. The van der Waals surface area contributed by atoms with E-state index in [9.17, 15) is 4.79 Å². The average Bonchev–Trinajstić information content (AvgIpc) is 3.08. The zero-order valence-corrected chi connectivity index (χ0v) is 15.6. The summed E-state index contributed by atoms with van der Waals surface area (Å²) in [6, 6.07) is 13.5. The predicted molar refractivity (Wildman–Crippen MR) is 103 cm³/mol. The number of ether oxygens (including phenoxy) is 2. The van der Waals surface area contributed by atoms with Gasteiger partial charge in [-0.2, -0.15) is 0 Å². The zero-order chi connectivity index (χ0) is 18.4. The molecule has 1 heterocycles. The van der Waals surface area contributed by atoms with E-state index in [1.54, 1.807) is 14.2 Å². The Balaban J connectivity index is 1.48. The van der Waals surface area contributed by atoms with Crippen molar-refractivity contribution in [2.45, 2.75) is 11.6 Å². The number of nitrogens with zero attached hydrogens (tertiary/aromatic N) is 1. The van der Waals surface area contributed by atoms with E-state index < -0.39 is 0 Å². The second-order valence-corrected chi connectivity index (χ2v) is 6.59. The van der Waals surface area contributed by atoms with Crippen LogP contribution in [0, 0.1) is 0 Å². The maximum atomic E-state index is 12.1. The number of carbonyl (C=O) groups excluding carboxylic acids is 1. The first-order valence-electron chi connectivity index (χ1n) is 8.24. The summed E-state index contributed by atoms with van der Waals surface area (Å²) >= 11 is 1.38. The quantitative estimate of drug-likeness (QED) is 0.595. The van der Waals surface area contributed by atoms with Crippen molar-refractivity contribution in [3.05, 3.63) is 48.0 Å². The molecule has 0 unspecified atom stereocenters. The molecule has 1 aromatic heterocycles. The summed E-state index contributed by atoms with van der Waals surface area (Å²) in [5, 5.41) is 3.64. The number of aromatic amines is 1. The smallest absolute Gasteiger partial charge is 0.230 e. The van der Waals surface area contributed by atoms with Crippen LogP contribution in [0.3, 0.4) is 0 Å². The number of nitrogens with one attached hydrogen (secondary N) is 2. The lowest BCUT2D eigenvalue weighted by molar-refractivity contribution is -0.118. The van der Waals surface area contributed by atoms with E-state index in [4.69, 9.17) is 9.47 Å². The molecule has 2 aromatic carbocycles. The monoisotopic (exact) mass is 371 g/mol. The van der Waals surface area contributed by atoms with Gasteiger partial charge < -0.3 is 19.8 Å². The van der Waals surface area contributed by atoms with Gasteiger partial charge in [-0.1, -0.05) is 30.0 Å². The lowest BCUT2D eigenvalue weighted by Crippen LogP contribution is -2.27. The standard InChI is InChI=1S/C19H21N3O3S/c1-24-14-7-8-15-16(11-14)22-19(21-15)26-12-18(23)20-10-9-13-5-3-4-6-17(13)25-2/h3-8,11H,9-10,12H2,1-2H3,(H,20,23)(H,21,22). The summed E-state index contributed by atoms with van der Waals surface area (Å²) in [6.07, 6.45) is 0.727. The Labute approximate surface area is 156 Å². The Kier molecular flexibility index (Phi) is 6.01. The molecule has 3 aromatic rings. The second kappa shape index (κ2) is 8.62. The van der Waals surface area contributed by atoms with Gasteiger partial charge in [0.2, 0.25) is 5.91 Å². The van der Waals surface area contributed by atoms with E-state index in [2.05, 4.69) is 15.3 Å². The van der Waals surface area contributed by atoms with Gasteiger partial charge in [0.15, 0.2) is 5.16 Å². The SMILES string of the molecule is COc1ccc2nc(SCC(=O)NCCc3ccccc3OC)[nH]c2c1. The highest BCUT2D eigenvalue weighted by atomic mass is 32.2. The van der Waals surface area contributed by atoms with Crippen molar-refractivity contribution in [2.75, 3.05) is 26.5 Å². The number of amides is 1. The van der Waals surface area contributed by atoms with Crippen LogP contribution in [-0.4, -0.2) is 42.4 Å². The van der Waals surface area contributed by atoms with Crippen molar-refractivity contribution in [1.82, 2.24) is 15.3 Å². The fourth-order valence-electron chi connectivity index (χ4n) is 2.59. The van der Waals surface area contributed by atoms with Crippen molar-refractivity contribution in [2.24, 2.45) is 0 Å². The Morgan fingerprint density at radius 1 is 1.19 bits per heavy atom. The van der Waals surface area contributed by atoms with E-state index in [1.807, 2.05) is 42.5 Å². The molecule has 0 radical (unpaired) electrons. The van der Waals surface area contributed by atoms with Crippen molar-refractivity contribution < 1.29 is 14.3 Å². The van der Waals surface area contributed by atoms with Crippen LogP contribution >= 0.6 is 11.8 Å². The van der Waals surface area contributed by atoms with Crippen LogP contribution in [-0.2, 0) is 11.2 Å². The predicted octanol–water partition coefficient (Wildman–Crippen LogP) is 3.03. The topological polar surface area (TPSA) is 76.2 Å². The van der Waals surface area contributed by atoms with Crippen LogP contribution in [0.5, 0.6) is 11.5 Å². The van der Waals surface area contributed by atoms with E-state index in [1.165, 1.54) is 11.8 Å². The van der Waals surface area contributed by atoms with Gasteiger partial charge in [-0.3, -0.25) is 4.79 Å². The van der Waals surface area contributed by atoms with Gasteiger partial charge in [0.25, 0.3) is 0 Å². The Hall–Kier alpha value is -2.67. The van der Waals surface area contributed by atoms with E-state index in [-0.39, 0.29) is 5.91 Å². The molecule has 0 bridgehead atoms. The minimum Gasteiger partial charge on any atom is -0.497 e. The van der Waals surface area contributed by atoms with Crippen LogP contribution < -0.4 is 14.8 Å². The molecule has 6 nitrogen and oxygen atoms in total. The lowest BCUT2D eigenvalue weighted by Gasteiger charge is -2.08. The summed E-state index contributed by atoms with van der Waals surface area (Å²) in [6.45, 7) is 0.567. The Morgan fingerprint density at radius 3 is 2.85 bits per heavy atom. The Bertz CT molecular complexity index is 895. The fourth-order valence-corrected chi connectivity index (χ4v) is 3.31. The van der Waals surface area contributed by atoms with Crippen LogP contribution in [0.15, 0.2) is 47.6 Å². The number of methoxy groups -OCH3 is 2. The molecule has 3 rings (SSSR count). The number of hydrogen-bond acceptors (Lipinski definition) is 5. The maximum absolute atomic E-state index is 12.1. The number of fused-ring (bicyclic) bond motifs is 1. The number of imidazole rings is 1. The molecular weight excluding hydrogens is 350 g/mol. The number of para-hydroxylation sites is 1. The molecule has 0 aliphatic heterocycles. The van der Waals surface area contributed by atoms with Gasteiger partial charge in [-0.25, -0.2) is 4.98 Å². The van der Waals surface area contributed by atoms with Gasteiger partial charge in [0, 0.05) is 12.6 Å². The molecule has 26 heavy (non-hydrogen) atoms. The highest BCUT2D eigenvalue weighted by Gasteiger charge is 2.08. The third-order valence-corrected chi connectivity index (χ3v) is 4.79. The highest BCUT2D eigenvalue weighted by molar-refractivity contribution is 7.99. The van der Waals surface area contributed by atoms with E-state index in [0.717, 1.165) is 34.5 Å². The third kappa shape index (κ3) is 4.49. The molecular formula is C19H21N3O3S. The number of hydrogen-bond donors (Lipinski definition) is 2. The third-order valence-electron chi connectivity index (χ3n) is 3.92. The second-order valence-electron chi connectivity index (χ2n) is 5.63. The molecule has 0 aliphatic rings. The van der Waals surface area contributed by atoms with Gasteiger partial charge in [0.1, 0.15) is 11.5 Å². The van der Waals surface area contributed by atoms with E-state index in [0.29, 0.717) is 17.5 Å². The van der Waals surface area contributed by atoms with Crippen LogP contribution in [0.2, 0.25) is 0 Å². The molecule has 0 saturated heterocycles. The Morgan fingerprint density at radius 2 is 2.04 bits per heavy atom. The lowest BCUT2D eigenvalue weighted by atomic mass is 10.1. The summed E-state index contributed by atoms with van der Waals surface area (Å²) in [4.78, 5) is 19.7. The first kappa shape index (κ1) is 18.1. The summed E-state index contributed by atoms with van der Waals surface area (Å²) in [5.41, 5.74) is 2.82. The van der Waals surface area contributed by atoms with Crippen LogP contribution in [0.1, 0.15) is 5.56 Å². The highest BCUT2D eigenvalue weighted by Crippen LogP contribution is 2.23. The summed E-state index contributed by atoms with van der Waals surface area (Å²) in [7, 11) is 3.28. The van der Waals surface area contributed by atoms with Gasteiger partial charge in [-0.15, -0.1) is 0 Å². The number of aromatic nitrogens is 2. The molecule has 2 N–H and O–H groups in total. The van der Waals surface area contributed by atoms with Gasteiger partial charge in [-0.05, 0) is 30.2 Å². The van der Waals surface area contributed by atoms with Gasteiger partial charge >= 0.3 is 0 Å². The number of benzene rings is 2. The molecule has 0 aliphatic carbocycles. The first-order chi connectivity index (χ1) is 12.7. The fraction of sp³-hybridized carbons (Fsp3) is 0.263. The van der Waals surface area contributed by atoms with Crippen LogP contribution in [0.4, 0.5) is 0 Å². The minimum absolute atomic E-state index is 0.0251. The molecule has 0 saturated carbocycles.